The number of hydrogen-bond acceptors (Lipinski definition) is 5. The first-order valence-corrected chi connectivity index (χ1v) is 8.42. The lowest BCUT2D eigenvalue weighted by molar-refractivity contribution is 0.305. The van der Waals surface area contributed by atoms with Crippen molar-refractivity contribution < 1.29 is 9.47 Å². The Morgan fingerprint density at radius 2 is 1.77 bits per heavy atom. The highest BCUT2D eigenvalue weighted by atomic mass is 16.5. The van der Waals surface area contributed by atoms with E-state index in [1.165, 1.54) is 0 Å². The van der Waals surface area contributed by atoms with Crippen molar-refractivity contribution in [3.63, 3.8) is 0 Å². The Labute approximate surface area is 153 Å². The molecule has 2 aromatic carbocycles. The Bertz CT molecular complexity index is 895. The van der Waals surface area contributed by atoms with Crippen molar-refractivity contribution >= 4 is 11.5 Å². The van der Waals surface area contributed by atoms with Crippen molar-refractivity contribution in [1.29, 1.82) is 0 Å². The minimum Gasteiger partial charge on any atom is -0.496 e. The summed E-state index contributed by atoms with van der Waals surface area (Å²) in [7, 11) is 1.65. The smallest absolute Gasteiger partial charge is 0.125 e. The standard InChI is InChI=1S/C21H23N3O2/c1-14-18(22)12-21(23)24-19(14)11-16-10-17(8-9-20(16)25-2)26-13-15-6-4-3-5-7-15/h3-10,12H,11,13H2,1-2H3,(H4,22,23,24). The number of anilines is 2. The lowest BCUT2D eigenvalue weighted by Gasteiger charge is -2.14. The Balaban J connectivity index is 1.84. The average Bonchev–Trinajstić information content (AvgIpc) is 2.65. The number of methoxy groups -OCH3 is 1. The van der Waals surface area contributed by atoms with Gasteiger partial charge in [0.2, 0.25) is 0 Å². The second-order valence-electron chi connectivity index (χ2n) is 6.13. The van der Waals surface area contributed by atoms with Gasteiger partial charge in [0.15, 0.2) is 0 Å². The molecular formula is C21H23N3O2. The summed E-state index contributed by atoms with van der Waals surface area (Å²) in [6.07, 6.45) is 0.562. The van der Waals surface area contributed by atoms with E-state index in [-0.39, 0.29) is 0 Å². The van der Waals surface area contributed by atoms with Crippen LogP contribution in [0.15, 0.2) is 54.6 Å². The Hall–Kier alpha value is -3.21. The van der Waals surface area contributed by atoms with Gasteiger partial charge in [0, 0.05) is 23.7 Å². The topological polar surface area (TPSA) is 83.4 Å². The Morgan fingerprint density at radius 3 is 2.50 bits per heavy atom. The van der Waals surface area contributed by atoms with Crippen LogP contribution >= 0.6 is 0 Å². The third-order valence-corrected chi connectivity index (χ3v) is 4.29. The van der Waals surface area contributed by atoms with Crippen LogP contribution in [-0.4, -0.2) is 12.1 Å². The molecule has 0 aliphatic carbocycles. The molecule has 0 fully saturated rings. The summed E-state index contributed by atoms with van der Waals surface area (Å²) in [5, 5.41) is 0. The Morgan fingerprint density at radius 1 is 1.00 bits per heavy atom. The van der Waals surface area contributed by atoms with Crippen LogP contribution in [0.1, 0.15) is 22.4 Å². The molecule has 0 aliphatic rings. The van der Waals surface area contributed by atoms with E-state index < -0.39 is 0 Å². The molecule has 1 aromatic heterocycles. The van der Waals surface area contributed by atoms with Gasteiger partial charge in [0.05, 0.1) is 12.8 Å². The molecule has 0 atom stereocenters. The van der Waals surface area contributed by atoms with Crippen LogP contribution in [0.5, 0.6) is 11.5 Å². The molecule has 0 amide bonds. The lowest BCUT2D eigenvalue weighted by Crippen LogP contribution is -2.05. The zero-order valence-corrected chi connectivity index (χ0v) is 15.0. The molecule has 26 heavy (non-hydrogen) atoms. The van der Waals surface area contributed by atoms with Gasteiger partial charge in [-0.05, 0) is 36.2 Å². The van der Waals surface area contributed by atoms with Crippen LogP contribution in [-0.2, 0) is 13.0 Å². The largest absolute Gasteiger partial charge is 0.496 e. The summed E-state index contributed by atoms with van der Waals surface area (Å²) >= 11 is 0. The number of pyridine rings is 1. The van der Waals surface area contributed by atoms with Crippen molar-refractivity contribution in [2.45, 2.75) is 20.0 Å². The summed E-state index contributed by atoms with van der Waals surface area (Å²) in [4.78, 5) is 4.43. The van der Waals surface area contributed by atoms with Gasteiger partial charge in [-0.15, -0.1) is 0 Å². The lowest BCUT2D eigenvalue weighted by atomic mass is 10.0. The van der Waals surface area contributed by atoms with Crippen molar-refractivity contribution in [1.82, 2.24) is 4.98 Å². The highest BCUT2D eigenvalue weighted by molar-refractivity contribution is 5.56. The van der Waals surface area contributed by atoms with Gasteiger partial charge < -0.3 is 20.9 Å². The maximum absolute atomic E-state index is 6.01. The normalized spacial score (nSPS) is 10.5. The summed E-state index contributed by atoms with van der Waals surface area (Å²) < 4.78 is 11.4. The molecule has 3 aromatic rings. The molecule has 4 N–H and O–H groups in total. The van der Waals surface area contributed by atoms with Gasteiger partial charge in [-0.3, -0.25) is 0 Å². The number of aromatic nitrogens is 1. The van der Waals surface area contributed by atoms with Crippen LogP contribution in [0.25, 0.3) is 0 Å². The zero-order chi connectivity index (χ0) is 18.5. The summed E-state index contributed by atoms with van der Waals surface area (Å²) in [5.41, 5.74) is 16.4. The molecule has 0 bridgehead atoms. The molecule has 0 spiro atoms. The molecule has 0 saturated heterocycles. The molecule has 5 nitrogen and oxygen atoms in total. The van der Waals surface area contributed by atoms with Gasteiger partial charge in [0.25, 0.3) is 0 Å². The number of ether oxygens (including phenoxy) is 2. The molecule has 1 heterocycles. The number of hydrogen-bond donors (Lipinski definition) is 2. The monoisotopic (exact) mass is 349 g/mol. The minimum absolute atomic E-state index is 0.415. The number of rotatable bonds is 6. The van der Waals surface area contributed by atoms with Gasteiger partial charge in [0.1, 0.15) is 23.9 Å². The zero-order valence-electron chi connectivity index (χ0n) is 15.0. The van der Waals surface area contributed by atoms with Crippen LogP contribution in [0.3, 0.4) is 0 Å². The van der Waals surface area contributed by atoms with E-state index in [1.807, 2.05) is 55.5 Å². The fraction of sp³-hybridized carbons (Fsp3) is 0.190. The predicted molar refractivity (Wildman–Crippen MR) is 104 cm³/mol. The van der Waals surface area contributed by atoms with E-state index in [0.717, 1.165) is 33.9 Å². The molecule has 0 saturated carbocycles. The SMILES string of the molecule is COc1ccc(OCc2ccccc2)cc1Cc1nc(N)cc(N)c1C. The highest BCUT2D eigenvalue weighted by Crippen LogP contribution is 2.28. The summed E-state index contributed by atoms with van der Waals surface area (Å²) in [6, 6.07) is 17.5. The van der Waals surface area contributed by atoms with Crippen molar-refractivity contribution in [3.8, 4) is 11.5 Å². The summed E-state index contributed by atoms with van der Waals surface area (Å²) in [5.74, 6) is 1.97. The first-order valence-electron chi connectivity index (χ1n) is 8.42. The highest BCUT2D eigenvalue weighted by Gasteiger charge is 2.12. The van der Waals surface area contributed by atoms with Crippen LogP contribution in [0, 0.1) is 6.92 Å². The quantitative estimate of drug-likeness (QED) is 0.708. The van der Waals surface area contributed by atoms with Crippen molar-refractivity contribution in [3.05, 3.63) is 77.0 Å². The molecule has 0 aliphatic heterocycles. The first kappa shape index (κ1) is 17.6. The van der Waals surface area contributed by atoms with Gasteiger partial charge in [-0.1, -0.05) is 30.3 Å². The fourth-order valence-electron chi connectivity index (χ4n) is 2.78. The third-order valence-electron chi connectivity index (χ3n) is 4.29. The number of nitrogen functional groups attached to an aromatic ring is 2. The van der Waals surface area contributed by atoms with E-state index >= 15 is 0 Å². The van der Waals surface area contributed by atoms with E-state index in [0.29, 0.717) is 24.5 Å². The molecular weight excluding hydrogens is 326 g/mol. The second-order valence-corrected chi connectivity index (χ2v) is 6.13. The van der Waals surface area contributed by atoms with Crippen LogP contribution in [0.2, 0.25) is 0 Å². The van der Waals surface area contributed by atoms with E-state index in [4.69, 9.17) is 20.9 Å². The van der Waals surface area contributed by atoms with Gasteiger partial charge in [-0.25, -0.2) is 4.98 Å². The van der Waals surface area contributed by atoms with Crippen molar-refractivity contribution in [2.75, 3.05) is 18.6 Å². The molecule has 3 rings (SSSR count). The van der Waals surface area contributed by atoms with Crippen LogP contribution < -0.4 is 20.9 Å². The first-order chi connectivity index (χ1) is 12.6. The molecule has 134 valence electrons. The average molecular weight is 349 g/mol. The Kier molecular flexibility index (Phi) is 5.27. The van der Waals surface area contributed by atoms with Gasteiger partial charge >= 0.3 is 0 Å². The number of nitrogens with two attached hydrogens (primary N) is 2. The maximum atomic E-state index is 6.01. The van der Waals surface area contributed by atoms with Crippen molar-refractivity contribution in [2.24, 2.45) is 0 Å². The number of nitrogens with zero attached hydrogens (tertiary/aromatic N) is 1. The number of benzene rings is 2. The summed E-state index contributed by atoms with van der Waals surface area (Å²) in [6.45, 7) is 2.45. The van der Waals surface area contributed by atoms with Gasteiger partial charge in [-0.2, -0.15) is 0 Å². The molecule has 5 heteroatoms. The second kappa shape index (κ2) is 7.78. The van der Waals surface area contributed by atoms with E-state index in [1.54, 1.807) is 13.2 Å². The molecule has 0 radical (unpaired) electrons. The maximum Gasteiger partial charge on any atom is 0.125 e. The third kappa shape index (κ3) is 4.06. The fourth-order valence-corrected chi connectivity index (χ4v) is 2.78. The van der Waals surface area contributed by atoms with Crippen LogP contribution in [0.4, 0.5) is 11.5 Å². The molecule has 0 unspecified atom stereocenters. The minimum atomic E-state index is 0.415. The van der Waals surface area contributed by atoms with E-state index in [9.17, 15) is 0 Å². The van der Waals surface area contributed by atoms with E-state index in [2.05, 4.69) is 4.98 Å². The predicted octanol–water partition coefficient (Wildman–Crippen LogP) is 3.73.